The molecule has 2 aliphatic carbocycles. The maximum atomic E-state index is 6.63. The molecule has 1 heterocycles. The first kappa shape index (κ1) is 13.8. The monoisotopic (exact) mass is 267 g/mol. The molecule has 0 aromatic rings. The number of nitrogens with one attached hydrogen (secondary N) is 1. The van der Waals surface area contributed by atoms with Gasteiger partial charge < -0.3 is 14.8 Å². The minimum atomic E-state index is 0.113. The Morgan fingerprint density at radius 2 is 1.95 bits per heavy atom. The number of ether oxygens (including phenoxy) is 2. The molecule has 2 atom stereocenters. The van der Waals surface area contributed by atoms with Crippen LogP contribution in [-0.2, 0) is 9.47 Å². The second-order valence-electron chi connectivity index (χ2n) is 6.97. The molecule has 3 aliphatic rings. The maximum absolute atomic E-state index is 6.63. The van der Waals surface area contributed by atoms with Gasteiger partial charge in [0.1, 0.15) is 0 Å². The Bertz CT molecular complexity index is 286. The molecule has 19 heavy (non-hydrogen) atoms. The molecule has 2 saturated carbocycles. The molecule has 0 bridgehead atoms. The number of hydrogen-bond acceptors (Lipinski definition) is 3. The third-order valence-corrected chi connectivity index (χ3v) is 4.93. The highest BCUT2D eigenvalue weighted by Gasteiger charge is 2.39. The zero-order valence-electron chi connectivity index (χ0n) is 12.3. The largest absolute Gasteiger partial charge is 0.381 e. The van der Waals surface area contributed by atoms with Crippen molar-refractivity contribution >= 4 is 0 Å². The van der Waals surface area contributed by atoms with Gasteiger partial charge in [-0.2, -0.15) is 0 Å². The molecule has 0 spiro atoms. The summed E-state index contributed by atoms with van der Waals surface area (Å²) in [5.74, 6) is 0.814. The van der Waals surface area contributed by atoms with Crippen LogP contribution in [0.3, 0.4) is 0 Å². The fourth-order valence-electron chi connectivity index (χ4n) is 3.69. The second-order valence-corrected chi connectivity index (χ2v) is 6.97. The molecule has 110 valence electrons. The second kappa shape index (κ2) is 6.11. The normalized spacial score (nSPS) is 37.4. The van der Waals surface area contributed by atoms with Crippen LogP contribution in [0.2, 0.25) is 0 Å². The zero-order valence-corrected chi connectivity index (χ0v) is 12.3. The van der Waals surface area contributed by atoms with E-state index < -0.39 is 0 Å². The van der Waals surface area contributed by atoms with Crippen LogP contribution in [0.25, 0.3) is 0 Å². The lowest BCUT2D eigenvalue weighted by Gasteiger charge is -2.43. The van der Waals surface area contributed by atoms with Gasteiger partial charge in [-0.15, -0.1) is 0 Å². The SMILES string of the molecule is CC1CCCC(CNC2CC2)(OC2CCOCC2)C1. The van der Waals surface area contributed by atoms with Crippen LogP contribution in [0.1, 0.15) is 58.3 Å². The smallest absolute Gasteiger partial charge is 0.0812 e. The van der Waals surface area contributed by atoms with Gasteiger partial charge in [0, 0.05) is 25.8 Å². The quantitative estimate of drug-likeness (QED) is 0.831. The molecule has 1 saturated heterocycles. The Balaban J connectivity index is 1.59. The highest BCUT2D eigenvalue weighted by atomic mass is 16.5. The molecule has 0 amide bonds. The summed E-state index contributed by atoms with van der Waals surface area (Å²) in [7, 11) is 0. The van der Waals surface area contributed by atoms with E-state index in [1.807, 2.05) is 0 Å². The van der Waals surface area contributed by atoms with E-state index in [0.29, 0.717) is 6.10 Å². The molecule has 3 nitrogen and oxygen atoms in total. The lowest BCUT2D eigenvalue weighted by molar-refractivity contribution is -0.145. The molecule has 0 radical (unpaired) electrons. The number of hydrogen-bond donors (Lipinski definition) is 1. The predicted octanol–water partition coefficient (Wildman–Crippen LogP) is 2.88. The third kappa shape index (κ3) is 3.93. The topological polar surface area (TPSA) is 30.5 Å². The van der Waals surface area contributed by atoms with Crippen LogP contribution in [0, 0.1) is 5.92 Å². The molecule has 0 aromatic heterocycles. The van der Waals surface area contributed by atoms with E-state index in [2.05, 4.69) is 12.2 Å². The van der Waals surface area contributed by atoms with E-state index in [1.54, 1.807) is 0 Å². The summed E-state index contributed by atoms with van der Waals surface area (Å²) < 4.78 is 12.1. The van der Waals surface area contributed by atoms with Crippen molar-refractivity contribution in [2.75, 3.05) is 19.8 Å². The van der Waals surface area contributed by atoms with E-state index in [0.717, 1.165) is 44.6 Å². The van der Waals surface area contributed by atoms with Gasteiger partial charge in [-0.3, -0.25) is 0 Å². The highest BCUT2D eigenvalue weighted by Crippen LogP contribution is 2.37. The summed E-state index contributed by atoms with van der Waals surface area (Å²) in [6.45, 7) is 5.22. The lowest BCUT2D eigenvalue weighted by atomic mass is 9.78. The van der Waals surface area contributed by atoms with E-state index >= 15 is 0 Å². The zero-order chi connectivity index (χ0) is 13.1. The molecular formula is C16H29NO2. The van der Waals surface area contributed by atoms with Gasteiger partial charge in [0.15, 0.2) is 0 Å². The predicted molar refractivity (Wildman–Crippen MR) is 76.3 cm³/mol. The molecule has 0 aromatic carbocycles. The highest BCUT2D eigenvalue weighted by molar-refractivity contribution is 4.93. The van der Waals surface area contributed by atoms with Gasteiger partial charge in [-0.25, -0.2) is 0 Å². The summed E-state index contributed by atoms with van der Waals surface area (Å²) in [4.78, 5) is 0. The van der Waals surface area contributed by atoms with E-state index in [-0.39, 0.29) is 5.60 Å². The van der Waals surface area contributed by atoms with Crippen molar-refractivity contribution in [3.63, 3.8) is 0 Å². The lowest BCUT2D eigenvalue weighted by Crippen LogP contribution is -2.49. The Morgan fingerprint density at radius 3 is 2.63 bits per heavy atom. The van der Waals surface area contributed by atoms with Gasteiger partial charge >= 0.3 is 0 Å². The fraction of sp³-hybridized carbons (Fsp3) is 1.00. The van der Waals surface area contributed by atoms with Crippen molar-refractivity contribution in [1.82, 2.24) is 5.32 Å². The van der Waals surface area contributed by atoms with Crippen molar-refractivity contribution in [2.24, 2.45) is 5.92 Å². The van der Waals surface area contributed by atoms with Crippen LogP contribution >= 0.6 is 0 Å². The van der Waals surface area contributed by atoms with Crippen LogP contribution in [-0.4, -0.2) is 37.5 Å². The van der Waals surface area contributed by atoms with Crippen LogP contribution in [0.15, 0.2) is 0 Å². The minimum Gasteiger partial charge on any atom is -0.381 e. The first-order valence-corrected chi connectivity index (χ1v) is 8.25. The van der Waals surface area contributed by atoms with Gasteiger partial charge in [0.25, 0.3) is 0 Å². The van der Waals surface area contributed by atoms with E-state index in [9.17, 15) is 0 Å². The molecule has 3 rings (SSSR count). The van der Waals surface area contributed by atoms with Gasteiger partial charge in [-0.05, 0) is 44.4 Å². The molecule has 1 N–H and O–H groups in total. The Kier molecular flexibility index (Phi) is 4.45. The van der Waals surface area contributed by atoms with Crippen molar-refractivity contribution in [3.05, 3.63) is 0 Å². The average molecular weight is 267 g/mol. The maximum Gasteiger partial charge on any atom is 0.0812 e. The van der Waals surface area contributed by atoms with Crippen molar-refractivity contribution in [3.8, 4) is 0 Å². The summed E-state index contributed by atoms with van der Waals surface area (Å²) in [5, 5.41) is 3.72. The average Bonchev–Trinajstić information content (AvgIpc) is 3.22. The van der Waals surface area contributed by atoms with Gasteiger partial charge in [0.05, 0.1) is 11.7 Å². The van der Waals surface area contributed by atoms with Crippen LogP contribution in [0.4, 0.5) is 0 Å². The first-order chi connectivity index (χ1) is 9.26. The summed E-state index contributed by atoms with van der Waals surface area (Å²) in [5.41, 5.74) is 0.113. The van der Waals surface area contributed by atoms with Crippen molar-refractivity contribution in [2.45, 2.75) is 76.0 Å². The molecule has 3 fully saturated rings. The summed E-state index contributed by atoms with van der Waals surface area (Å²) in [6.07, 6.45) is 10.5. The first-order valence-electron chi connectivity index (χ1n) is 8.25. The fourth-order valence-corrected chi connectivity index (χ4v) is 3.69. The van der Waals surface area contributed by atoms with Crippen LogP contribution < -0.4 is 5.32 Å². The minimum absolute atomic E-state index is 0.113. The molecule has 1 aliphatic heterocycles. The Labute approximate surface area is 117 Å². The molecular weight excluding hydrogens is 238 g/mol. The summed E-state index contributed by atoms with van der Waals surface area (Å²) in [6, 6.07) is 0.785. The third-order valence-electron chi connectivity index (χ3n) is 4.93. The summed E-state index contributed by atoms with van der Waals surface area (Å²) >= 11 is 0. The standard InChI is InChI=1S/C16H29NO2/c1-13-3-2-8-16(11-13,12-17-14-4-5-14)19-15-6-9-18-10-7-15/h13-15,17H,2-12H2,1H3. The van der Waals surface area contributed by atoms with Gasteiger partial charge in [0.2, 0.25) is 0 Å². The Morgan fingerprint density at radius 1 is 1.16 bits per heavy atom. The van der Waals surface area contributed by atoms with E-state index in [4.69, 9.17) is 9.47 Å². The van der Waals surface area contributed by atoms with E-state index in [1.165, 1.54) is 38.5 Å². The van der Waals surface area contributed by atoms with Crippen molar-refractivity contribution < 1.29 is 9.47 Å². The van der Waals surface area contributed by atoms with Gasteiger partial charge in [-0.1, -0.05) is 19.8 Å². The molecule has 3 heteroatoms. The van der Waals surface area contributed by atoms with Crippen LogP contribution in [0.5, 0.6) is 0 Å². The van der Waals surface area contributed by atoms with Crippen molar-refractivity contribution in [1.29, 1.82) is 0 Å². The molecule has 2 unspecified atom stereocenters. The number of rotatable bonds is 5. The Hall–Kier alpha value is -0.120.